The summed E-state index contributed by atoms with van der Waals surface area (Å²) < 4.78 is 16.3. The SMILES string of the molecule is COC(=O)Nc1cc2c(cn1)COc1c-2ccc(OC[C@@H](N)CC(C)C)c1C#N. The van der Waals surface area contributed by atoms with Gasteiger partial charge in [-0.1, -0.05) is 13.8 Å². The molecule has 1 aliphatic rings. The van der Waals surface area contributed by atoms with Crippen molar-refractivity contribution in [3.05, 3.63) is 35.5 Å². The molecule has 0 unspecified atom stereocenters. The minimum absolute atomic E-state index is 0.114. The summed E-state index contributed by atoms with van der Waals surface area (Å²) in [6, 6.07) is 7.37. The molecule has 0 spiro atoms. The van der Waals surface area contributed by atoms with E-state index in [0.717, 1.165) is 23.1 Å². The number of fused-ring (bicyclic) bond motifs is 3. The number of carbonyl (C=O) groups excluding carboxylic acids is 1. The molecule has 1 aromatic heterocycles. The summed E-state index contributed by atoms with van der Waals surface area (Å²) in [4.78, 5) is 15.7. The number of carbonyl (C=O) groups is 1. The van der Waals surface area contributed by atoms with Crippen molar-refractivity contribution in [1.29, 1.82) is 5.26 Å². The highest BCUT2D eigenvalue weighted by molar-refractivity contribution is 5.86. The molecule has 0 saturated carbocycles. The summed E-state index contributed by atoms with van der Waals surface area (Å²) >= 11 is 0. The van der Waals surface area contributed by atoms with Crippen LogP contribution >= 0.6 is 0 Å². The number of nitriles is 1. The van der Waals surface area contributed by atoms with Crippen LogP contribution in [0.4, 0.5) is 10.6 Å². The lowest BCUT2D eigenvalue weighted by Crippen LogP contribution is -2.29. The Bertz CT molecular complexity index is 952. The Balaban J connectivity index is 1.90. The van der Waals surface area contributed by atoms with Gasteiger partial charge in [0.1, 0.15) is 42.2 Å². The average Bonchev–Trinajstić information content (AvgIpc) is 2.70. The normalized spacial score (nSPS) is 12.8. The predicted molar refractivity (Wildman–Crippen MR) is 108 cm³/mol. The van der Waals surface area contributed by atoms with E-state index in [1.54, 1.807) is 18.3 Å². The van der Waals surface area contributed by atoms with Crippen molar-refractivity contribution < 1.29 is 19.0 Å². The number of benzene rings is 1. The van der Waals surface area contributed by atoms with Gasteiger partial charge in [0, 0.05) is 23.4 Å². The molecular weight excluding hydrogens is 372 g/mol. The third-order valence-corrected chi connectivity index (χ3v) is 4.52. The molecule has 3 N–H and O–H groups in total. The molecule has 0 saturated heterocycles. The number of anilines is 1. The molecule has 152 valence electrons. The van der Waals surface area contributed by atoms with E-state index in [-0.39, 0.29) is 12.6 Å². The van der Waals surface area contributed by atoms with Crippen LogP contribution in [0.25, 0.3) is 11.1 Å². The fourth-order valence-electron chi connectivity index (χ4n) is 3.25. The summed E-state index contributed by atoms with van der Waals surface area (Å²) in [6.07, 6.45) is 1.86. The van der Waals surface area contributed by atoms with Crippen LogP contribution in [0.5, 0.6) is 11.5 Å². The van der Waals surface area contributed by atoms with E-state index < -0.39 is 6.09 Å². The van der Waals surface area contributed by atoms with E-state index in [4.69, 9.17) is 15.2 Å². The van der Waals surface area contributed by atoms with Gasteiger partial charge in [-0.2, -0.15) is 5.26 Å². The van der Waals surface area contributed by atoms with Crippen LogP contribution < -0.4 is 20.5 Å². The first kappa shape index (κ1) is 20.4. The van der Waals surface area contributed by atoms with E-state index in [0.29, 0.717) is 35.4 Å². The second-order valence-corrected chi connectivity index (χ2v) is 7.26. The number of nitrogens with one attached hydrogen (secondary N) is 1. The highest BCUT2D eigenvalue weighted by atomic mass is 16.5. The van der Waals surface area contributed by atoms with E-state index in [2.05, 4.69) is 35.0 Å². The maximum Gasteiger partial charge on any atom is 0.412 e. The second kappa shape index (κ2) is 8.80. The minimum Gasteiger partial charge on any atom is -0.490 e. The van der Waals surface area contributed by atoms with Crippen molar-refractivity contribution in [3.63, 3.8) is 0 Å². The molecule has 0 aliphatic carbocycles. The summed E-state index contributed by atoms with van der Waals surface area (Å²) in [5.41, 5.74) is 8.83. The molecular formula is C21H24N4O4. The number of hydrogen-bond acceptors (Lipinski definition) is 7. The quantitative estimate of drug-likeness (QED) is 0.767. The topological polar surface area (TPSA) is 119 Å². The van der Waals surface area contributed by atoms with E-state index in [1.165, 1.54) is 7.11 Å². The molecule has 3 rings (SSSR count). The zero-order valence-electron chi connectivity index (χ0n) is 16.7. The van der Waals surface area contributed by atoms with Gasteiger partial charge < -0.3 is 19.9 Å². The van der Waals surface area contributed by atoms with Gasteiger partial charge in [-0.05, 0) is 36.1 Å². The number of pyridine rings is 1. The van der Waals surface area contributed by atoms with Gasteiger partial charge in [-0.25, -0.2) is 9.78 Å². The Morgan fingerprint density at radius 3 is 2.90 bits per heavy atom. The maximum absolute atomic E-state index is 11.5. The number of rotatable bonds is 6. The monoisotopic (exact) mass is 396 g/mol. The van der Waals surface area contributed by atoms with Gasteiger partial charge in [-0.15, -0.1) is 0 Å². The van der Waals surface area contributed by atoms with Gasteiger partial charge >= 0.3 is 6.09 Å². The third-order valence-electron chi connectivity index (χ3n) is 4.52. The van der Waals surface area contributed by atoms with Crippen LogP contribution in [-0.4, -0.2) is 30.8 Å². The van der Waals surface area contributed by atoms with Crippen LogP contribution in [-0.2, 0) is 11.3 Å². The van der Waals surface area contributed by atoms with Crippen molar-refractivity contribution in [1.82, 2.24) is 4.98 Å². The van der Waals surface area contributed by atoms with E-state index in [1.807, 2.05) is 6.07 Å². The number of ether oxygens (including phenoxy) is 3. The number of methoxy groups -OCH3 is 1. The van der Waals surface area contributed by atoms with Crippen molar-refractivity contribution in [3.8, 4) is 28.7 Å². The first-order valence-corrected chi connectivity index (χ1v) is 9.35. The molecule has 2 heterocycles. The number of nitrogens with zero attached hydrogens (tertiary/aromatic N) is 2. The van der Waals surface area contributed by atoms with Crippen LogP contribution in [0.1, 0.15) is 31.4 Å². The molecule has 29 heavy (non-hydrogen) atoms. The smallest absolute Gasteiger partial charge is 0.412 e. The number of aromatic nitrogens is 1. The minimum atomic E-state index is -0.607. The molecule has 1 aliphatic heterocycles. The fraction of sp³-hybridized carbons (Fsp3) is 0.381. The Morgan fingerprint density at radius 2 is 2.21 bits per heavy atom. The van der Waals surface area contributed by atoms with Crippen molar-refractivity contribution in [2.45, 2.75) is 32.9 Å². The molecule has 0 radical (unpaired) electrons. The third kappa shape index (κ3) is 4.58. The standard InChI is InChI=1S/C21H24N4O4/c1-12(2)6-14(23)11-28-18-5-4-15-16-7-19(25-21(26)27-3)24-9-13(16)10-29-20(15)17(18)8-22/h4-5,7,9,12,14H,6,10-11,23H2,1-3H3,(H,24,25,26)/t14-/m0/s1. The molecule has 0 fully saturated rings. The lowest BCUT2D eigenvalue weighted by atomic mass is 9.96. The van der Waals surface area contributed by atoms with Crippen LogP contribution in [0, 0.1) is 17.2 Å². The molecule has 1 aromatic carbocycles. The Hall–Kier alpha value is -3.31. The van der Waals surface area contributed by atoms with Gasteiger partial charge in [0.2, 0.25) is 0 Å². The summed E-state index contributed by atoms with van der Waals surface area (Å²) in [5, 5.41) is 12.3. The van der Waals surface area contributed by atoms with E-state index >= 15 is 0 Å². The lowest BCUT2D eigenvalue weighted by molar-refractivity contribution is 0.187. The number of amides is 1. The summed E-state index contributed by atoms with van der Waals surface area (Å²) in [6.45, 7) is 4.78. The van der Waals surface area contributed by atoms with Crippen LogP contribution in [0.2, 0.25) is 0 Å². The maximum atomic E-state index is 11.5. The van der Waals surface area contributed by atoms with Gasteiger partial charge in [-0.3, -0.25) is 5.32 Å². The van der Waals surface area contributed by atoms with E-state index in [9.17, 15) is 10.1 Å². The second-order valence-electron chi connectivity index (χ2n) is 7.26. The van der Waals surface area contributed by atoms with Gasteiger partial charge in [0.25, 0.3) is 0 Å². The average molecular weight is 396 g/mol. The van der Waals surface area contributed by atoms with Crippen molar-refractivity contribution >= 4 is 11.9 Å². The van der Waals surface area contributed by atoms with Crippen molar-refractivity contribution in [2.24, 2.45) is 11.7 Å². The Morgan fingerprint density at radius 1 is 1.41 bits per heavy atom. The van der Waals surface area contributed by atoms with Crippen LogP contribution in [0.3, 0.4) is 0 Å². The molecule has 8 heteroatoms. The highest BCUT2D eigenvalue weighted by Gasteiger charge is 2.24. The Kier molecular flexibility index (Phi) is 6.20. The molecule has 1 atom stereocenters. The van der Waals surface area contributed by atoms with Crippen molar-refractivity contribution in [2.75, 3.05) is 19.0 Å². The molecule has 8 nitrogen and oxygen atoms in total. The first-order chi connectivity index (χ1) is 13.9. The largest absolute Gasteiger partial charge is 0.490 e. The zero-order chi connectivity index (χ0) is 21.0. The lowest BCUT2D eigenvalue weighted by Gasteiger charge is -2.23. The zero-order valence-corrected chi connectivity index (χ0v) is 16.7. The number of nitrogens with two attached hydrogens (primary N) is 1. The van der Waals surface area contributed by atoms with Crippen LogP contribution in [0.15, 0.2) is 24.4 Å². The highest BCUT2D eigenvalue weighted by Crippen LogP contribution is 2.43. The molecule has 0 bridgehead atoms. The summed E-state index contributed by atoms with van der Waals surface area (Å²) in [5.74, 6) is 1.71. The summed E-state index contributed by atoms with van der Waals surface area (Å²) in [7, 11) is 1.28. The molecule has 2 aromatic rings. The predicted octanol–water partition coefficient (Wildman–Crippen LogP) is 3.44. The van der Waals surface area contributed by atoms with Gasteiger partial charge in [0.15, 0.2) is 0 Å². The molecule has 1 amide bonds. The fourth-order valence-corrected chi connectivity index (χ4v) is 3.25. The number of hydrogen-bond donors (Lipinski definition) is 2. The first-order valence-electron chi connectivity index (χ1n) is 9.35. The van der Waals surface area contributed by atoms with Gasteiger partial charge in [0.05, 0.1) is 7.11 Å². The Labute approximate surface area is 169 Å².